The minimum Gasteiger partial charge on any atom is -0.378 e. The molecule has 5 rings (SSSR count). The maximum Gasteiger partial charge on any atom is 0.210 e. The Balaban J connectivity index is 1.63. The van der Waals surface area contributed by atoms with Crippen molar-refractivity contribution in [1.29, 1.82) is 0 Å². The summed E-state index contributed by atoms with van der Waals surface area (Å²) in [6.45, 7) is 5.62. The van der Waals surface area contributed by atoms with Crippen molar-refractivity contribution in [3.05, 3.63) is 46.8 Å². The number of aromatic nitrogens is 3. The van der Waals surface area contributed by atoms with Crippen LogP contribution < -0.4 is 5.32 Å². The molecule has 7 heteroatoms. The van der Waals surface area contributed by atoms with Gasteiger partial charge in [0.1, 0.15) is 5.52 Å². The van der Waals surface area contributed by atoms with Crippen LogP contribution in [0.5, 0.6) is 0 Å². The van der Waals surface area contributed by atoms with Gasteiger partial charge in [-0.15, -0.1) is 0 Å². The lowest BCUT2D eigenvalue weighted by Crippen LogP contribution is -2.37. The summed E-state index contributed by atoms with van der Waals surface area (Å²) in [5.74, 6) is 0. The molecule has 7 nitrogen and oxygen atoms in total. The second-order valence-electron chi connectivity index (χ2n) is 7.53. The molecule has 2 aliphatic heterocycles. The van der Waals surface area contributed by atoms with Gasteiger partial charge in [-0.05, 0) is 47.7 Å². The lowest BCUT2D eigenvalue weighted by molar-refractivity contribution is -0.118. The Labute approximate surface area is 163 Å². The molecule has 144 valence electrons. The summed E-state index contributed by atoms with van der Waals surface area (Å²) in [6.07, 6.45) is 5.56. The molecule has 0 unspecified atom stereocenters. The molecule has 0 saturated carbocycles. The predicted octanol–water partition coefficient (Wildman–Crippen LogP) is 2.11. The fraction of sp³-hybridized carbons (Fsp3) is 0.381. The average molecular weight is 377 g/mol. The minimum absolute atomic E-state index is 0.125. The van der Waals surface area contributed by atoms with Gasteiger partial charge in [0.25, 0.3) is 0 Å². The smallest absolute Gasteiger partial charge is 0.210 e. The number of H-pyrrole nitrogens is 1. The summed E-state index contributed by atoms with van der Waals surface area (Å²) in [7, 11) is 0. The molecular formula is C21H23N5O2. The van der Waals surface area contributed by atoms with E-state index in [2.05, 4.69) is 27.4 Å². The molecule has 2 aromatic heterocycles. The molecule has 1 saturated heterocycles. The van der Waals surface area contributed by atoms with Crippen LogP contribution in [-0.4, -0.2) is 52.6 Å². The van der Waals surface area contributed by atoms with E-state index in [0.29, 0.717) is 13.2 Å². The third kappa shape index (κ3) is 2.96. The summed E-state index contributed by atoms with van der Waals surface area (Å²) in [4.78, 5) is 25.7. The maximum atomic E-state index is 11.3. The number of nitrogens with zero attached hydrogens (tertiary/aromatic N) is 3. The molecule has 1 fully saturated rings. The molecule has 0 radical (unpaired) electrons. The van der Waals surface area contributed by atoms with Crippen LogP contribution in [0.2, 0.25) is 0 Å². The summed E-state index contributed by atoms with van der Waals surface area (Å²) >= 11 is 0. The predicted molar refractivity (Wildman–Crippen MR) is 106 cm³/mol. The lowest BCUT2D eigenvalue weighted by atomic mass is 9.88. The van der Waals surface area contributed by atoms with Crippen LogP contribution in [-0.2, 0) is 22.5 Å². The van der Waals surface area contributed by atoms with Crippen molar-refractivity contribution < 1.29 is 9.53 Å². The Morgan fingerprint density at radius 3 is 3.11 bits per heavy atom. The van der Waals surface area contributed by atoms with Gasteiger partial charge in [0.05, 0.1) is 31.1 Å². The van der Waals surface area contributed by atoms with Gasteiger partial charge in [0, 0.05) is 31.4 Å². The monoisotopic (exact) mass is 377 g/mol. The Kier molecular flexibility index (Phi) is 4.33. The van der Waals surface area contributed by atoms with Gasteiger partial charge in [-0.1, -0.05) is 0 Å². The van der Waals surface area contributed by atoms with Crippen LogP contribution in [0.1, 0.15) is 28.3 Å². The number of nitrogens with one attached hydrogen (secondary N) is 2. The van der Waals surface area contributed by atoms with Gasteiger partial charge in [-0.3, -0.25) is 4.79 Å². The second-order valence-corrected chi connectivity index (χ2v) is 7.53. The van der Waals surface area contributed by atoms with E-state index in [-0.39, 0.29) is 6.04 Å². The van der Waals surface area contributed by atoms with Crippen molar-refractivity contribution in [3.63, 3.8) is 0 Å². The van der Waals surface area contributed by atoms with Crippen molar-refractivity contribution in [2.24, 2.45) is 0 Å². The molecule has 2 N–H and O–H groups in total. The Hall–Kier alpha value is -2.77. The number of hydrogen-bond acceptors (Lipinski definition) is 5. The summed E-state index contributed by atoms with van der Waals surface area (Å²) < 4.78 is 5.71. The standard InChI is InChI=1S/C21H23N5O2/c1-13-8-23-21-20(13)25-18(9-24-21)15-6-14-2-4-26(12-27)10-17(14)16(7-15)19-11-28-5-3-22-19/h6-9,12,19,22H,2-5,10-11H2,1H3,(H,23,24)/t19-/m0/s1. The third-order valence-corrected chi connectivity index (χ3v) is 5.72. The Morgan fingerprint density at radius 2 is 2.29 bits per heavy atom. The van der Waals surface area contributed by atoms with Gasteiger partial charge in [-0.2, -0.15) is 0 Å². The van der Waals surface area contributed by atoms with E-state index >= 15 is 0 Å². The van der Waals surface area contributed by atoms with E-state index < -0.39 is 0 Å². The van der Waals surface area contributed by atoms with Gasteiger partial charge in [0.15, 0.2) is 5.65 Å². The molecule has 1 amide bonds. The number of morpholine rings is 1. The molecule has 1 aromatic carbocycles. The topological polar surface area (TPSA) is 83.1 Å². The normalized spacial score (nSPS) is 19.6. The number of rotatable bonds is 3. The van der Waals surface area contributed by atoms with E-state index in [9.17, 15) is 4.79 Å². The van der Waals surface area contributed by atoms with Gasteiger partial charge in [-0.25, -0.2) is 9.97 Å². The zero-order valence-electron chi connectivity index (χ0n) is 15.9. The fourth-order valence-corrected chi connectivity index (χ4v) is 4.19. The summed E-state index contributed by atoms with van der Waals surface area (Å²) in [6, 6.07) is 4.53. The second kappa shape index (κ2) is 7.00. The maximum absolute atomic E-state index is 11.3. The number of hydrogen-bond donors (Lipinski definition) is 2. The molecule has 4 heterocycles. The highest BCUT2D eigenvalue weighted by molar-refractivity contribution is 5.78. The molecule has 0 bridgehead atoms. The van der Waals surface area contributed by atoms with Gasteiger partial charge in [0.2, 0.25) is 6.41 Å². The Bertz CT molecular complexity index is 1040. The van der Waals surface area contributed by atoms with Crippen molar-refractivity contribution >= 4 is 17.6 Å². The molecule has 0 aliphatic carbocycles. The highest BCUT2D eigenvalue weighted by Gasteiger charge is 2.25. The number of fused-ring (bicyclic) bond motifs is 2. The number of aryl methyl sites for hydroxylation is 1. The van der Waals surface area contributed by atoms with Crippen molar-refractivity contribution in [3.8, 4) is 11.3 Å². The molecule has 0 spiro atoms. The highest BCUT2D eigenvalue weighted by atomic mass is 16.5. The fourth-order valence-electron chi connectivity index (χ4n) is 4.19. The number of carbonyl (C=O) groups excluding carboxylic acids is 1. The highest BCUT2D eigenvalue weighted by Crippen LogP contribution is 2.33. The van der Waals surface area contributed by atoms with Crippen LogP contribution in [0.4, 0.5) is 0 Å². The van der Waals surface area contributed by atoms with Crippen LogP contribution in [0.25, 0.3) is 22.4 Å². The van der Waals surface area contributed by atoms with E-state index in [1.54, 1.807) is 0 Å². The summed E-state index contributed by atoms with van der Waals surface area (Å²) in [5.41, 5.74) is 8.46. The first-order valence-corrected chi connectivity index (χ1v) is 9.70. The van der Waals surface area contributed by atoms with Crippen molar-refractivity contribution in [2.75, 3.05) is 26.3 Å². The van der Waals surface area contributed by atoms with Gasteiger partial charge >= 0.3 is 0 Å². The lowest BCUT2D eigenvalue weighted by Gasteiger charge is -2.32. The van der Waals surface area contributed by atoms with Crippen LogP contribution in [0.15, 0.2) is 24.5 Å². The third-order valence-electron chi connectivity index (χ3n) is 5.72. The quantitative estimate of drug-likeness (QED) is 0.683. The average Bonchev–Trinajstić information content (AvgIpc) is 3.13. The number of aromatic amines is 1. The van der Waals surface area contributed by atoms with Crippen molar-refractivity contribution in [2.45, 2.75) is 25.9 Å². The molecule has 1 atom stereocenters. The SMILES string of the molecule is Cc1c[nH]c2ncc(-c3cc4c(c([C@@H]5COCCN5)c3)CN(C=O)CC4)nc12. The minimum atomic E-state index is 0.125. The number of benzene rings is 1. The van der Waals surface area contributed by atoms with E-state index in [1.165, 1.54) is 16.7 Å². The zero-order chi connectivity index (χ0) is 19.1. The van der Waals surface area contributed by atoms with Crippen molar-refractivity contribution in [1.82, 2.24) is 25.2 Å². The first-order valence-electron chi connectivity index (χ1n) is 9.70. The molecule has 3 aromatic rings. The number of carbonyl (C=O) groups is 1. The zero-order valence-corrected chi connectivity index (χ0v) is 15.9. The van der Waals surface area contributed by atoms with Crippen LogP contribution in [0, 0.1) is 6.92 Å². The van der Waals surface area contributed by atoms with Crippen LogP contribution in [0.3, 0.4) is 0 Å². The number of ether oxygens (including phenoxy) is 1. The van der Waals surface area contributed by atoms with E-state index in [1.807, 2.05) is 24.2 Å². The number of amides is 1. The Morgan fingerprint density at radius 1 is 1.36 bits per heavy atom. The first-order chi connectivity index (χ1) is 13.7. The van der Waals surface area contributed by atoms with Crippen LogP contribution >= 0.6 is 0 Å². The van der Waals surface area contributed by atoms with E-state index in [0.717, 1.165) is 60.5 Å². The van der Waals surface area contributed by atoms with Gasteiger partial charge < -0.3 is 19.9 Å². The largest absolute Gasteiger partial charge is 0.378 e. The van der Waals surface area contributed by atoms with E-state index in [4.69, 9.17) is 9.72 Å². The summed E-state index contributed by atoms with van der Waals surface area (Å²) in [5, 5.41) is 3.56. The molecular weight excluding hydrogens is 354 g/mol. The first kappa shape index (κ1) is 17.3. The molecule has 28 heavy (non-hydrogen) atoms. The molecule has 2 aliphatic rings.